The van der Waals surface area contributed by atoms with E-state index in [-0.39, 0.29) is 18.6 Å². The molecule has 29 heavy (non-hydrogen) atoms. The Morgan fingerprint density at radius 2 is 1.83 bits per heavy atom. The number of thiazole rings is 1. The topological polar surface area (TPSA) is 68.3 Å². The van der Waals surface area contributed by atoms with E-state index in [1.807, 2.05) is 54.6 Å². The molecule has 150 valence electrons. The molecule has 0 saturated heterocycles. The number of benzene rings is 2. The van der Waals surface area contributed by atoms with Crippen LogP contribution in [0.4, 0.5) is 0 Å². The first-order valence-electron chi connectivity index (χ1n) is 9.56. The van der Waals surface area contributed by atoms with Crippen molar-refractivity contribution in [3.8, 4) is 0 Å². The number of para-hydroxylation sites is 1. The largest absolute Gasteiger partial charge is 0.452 e. The number of esters is 1. The smallest absolute Gasteiger partial charge is 0.331 e. The van der Waals surface area contributed by atoms with Gasteiger partial charge < -0.3 is 10.1 Å². The number of rotatable bonds is 8. The molecule has 0 aliphatic heterocycles. The summed E-state index contributed by atoms with van der Waals surface area (Å²) in [5.41, 5.74) is 1.93. The molecule has 1 heterocycles. The lowest BCUT2D eigenvalue weighted by Gasteiger charge is -2.21. The van der Waals surface area contributed by atoms with Gasteiger partial charge in [0.25, 0.3) is 5.91 Å². The standard InChI is InChI=1S/C23H24N2O3S/c1-16(2)14-19(17-8-4-3-5-9-17)24-21(26)15-28-23(27)13-12-22-25-18-10-6-7-11-20(18)29-22/h3-13,16,19H,14-15H2,1-2H3,(H,24,26)/b13-12+/t19-/m1/s1. The van der Waals surface area contributed by atoms with Gasteiger partial charge in [0.15, 0.2) is 6.61 Å². The number of hydrogen-bond acceptors (Lipinski definition) is 5. The zero-order valence-corrected chi connectivity index (χ0v) is 17.3. The molecule has 1 atom stereocenters. The number of nitrogens with one attached hydrogen (secondary N) is 1. The van der Waals surface area contributed by atoms with Gasteiger partial charge in [-0.15, -0.1) is 11.3 Å². The Kier molecular flexibility index (Phi) is 7.14. The van der Waals surface area contributed by atoms with Crippen molar-refractivity contribution in [2.75, 3.05) is 6.61 Å². The Morgan fingerprint density at radius 1 is 1.10 bits per heavy atom. The predicted molar refractivity (Wildman–Crippen MR) is 116 cm³/mol. The Bertz CT molecular complexity index is 963. The third kappa shape index (κ3) is 6.26. The second-order valence-corrected chi connectivity index (χ2v) is 8.18. The van der Waals surface area contributed by atoms with Crippen molar-refractivity contribution in [1.29, 1.82) is 0 Å². The van der Waals surface area contributed by atoms with Gasteiger partial charge in [-0.2, -0.15) is 0 Å². The maximum atomic E-state index is 12.3. The lowest BCUT2D eigenvalue weighted by atomic mass is 9.97. The van der Waals surface area contributed by atoms with E-state index in [0.29, 0.717) is 10.9 Å². The Morgan fingerprint density at radius 3 is 2.55 bits per heavy atom. The van der Waals surface area contributed by atoms with E-state index < -0.39 is 5.97 Å². The lowest BCUT2D eigenvalue weighted by Crippen LogP contribution is -2.33. The molecule has 1 N–H and O–H groups in total. The normalized spacial score (nSPS) is 12.4. The number of aromatic nitrogens is 1. The summed E-state index contributed by atoms with van der Waals surface area (Å²) in [5.74, 6) is -0.472. The molecular weight excluding hydrogens is 384 g/mol. The first kappa shape index (κ1) is 20.7. The number of amides is 1. The van der Waals surface area contributed by atoms with Crippen LogP contribution in [0.3, 0.4) is 0 Å². The van der Waals surface area contributed by atoms with Gasteiger partial charge >= 0.3 is 5.97 Å². The molecule has 1 amide bonds. The van der Waals surface area contributed by atoms with Crippen molar-refractivity contribution in [1.82, 2.24) is 10.3 Å². The van der Waals surface area contributed by atoms with Crippen molar-refractivity contribution < 1.29 is 14.3 Å². The highest BCUT2D eigenvalue weighted by molar-refractivity contribution is 7.19. The van der Waals surface area contributed by atoms with Crippen LogP contribution in [0.25, 0.3) is 16.3 Å². The number of carbonyl (C=O) groups is 2. The van der Waals surface area contributed by atoms with Crippen LogP contribution in [0, 0.1) is 5.92 Å². The van der Waals surface area contributed by atoms with Gasteiger partial charge in [0.2, 0.25) is 0 Å². The summed E-state index contributed by atoms with van der Waals surface area (Å²) in [7, 11) is 0. The van der Waals surface area contributed by atoms with Gasteiger partial charge in [0.1, 0.15) is 5.01 Å². The monoisotopic (exact) mass is 408 g/mol. The maximum Gasteiger partial charge on any atom is 0.331 e. The average Bonchev–Trinajstić information content (AvgIpc) is 3.13. The van der Waals surface area contributed by atoms with Gasteiger partial charge in [-0.25, -0.2) is 9.78 Å². The first-order chi connectivity index (χ1) is 14.0. The highest BCUT2D eigenvalue weighted by Crippen LogP contribution is 2.22. The zero-order valence-electron chi connectivity index (χ0n) is 16.5. The molecular formula is C23H24N2O3S. The van der Waals surface area contributed by atoms with Gasteiger partial charge in [-0.3, -0.25) is 4.79 Å². The van der Waals surface area contributed by atoms with Crippen molar-refractivity contribution >= 4 is 39.5 Å². The third-order valence-electron chi connectivity index (χ3n) is 4.26. The maximum absolute atomic E-state index is 12.3. The fraction of sp³-hybridized carbons (Fsp3) is 0.261. The van der Waals surface area contributed by atoms with Gasteiger partial charge in [0.05, 0.1) is 16.3 Å². The zero-order chi connectivity index (χ0) is 20.6. The second-order valence-electron chi connectivity index (χ2n) is 7.12. The number of hydrogen-bond donors (Lipinski definition) is 1. The minimum Gasteiger partial charge on any atom is -0.452 e. The van der Waals surface area contributed by atoms with E-state index in [2.05, 4.69) is 24.1 Å². The summed E-state index contributed by atoms with van der Waals surface area (Å²) in [4.78, 5) is 28.7. The number of fused-ring (bicyclic) bond motifs is 1. The number of carbonyl (C=O) groups excluding carboxylic acids is 2. The second kappa shape index (κ2) is 9.98. The molecule has 0 aliphatic rings. The summed E-state index contributed by atoms with van der Waals surface area (Å²) in [5, 5.41) is 3.68. The quantitative estimate of drug-likeness (QED) is 0.431. The number of nitrogens with zero attached hydrogens (tertiary/aromatic N) is 1. The molecule has 0 bridgehead atoms. The van der Waals surface area contributed by atoms with E-state index in [1.54, 1.807) is 6.08 Å². The van der Waals surface area contributed by atoms with Crippen LogP contribution in [-0.4, -0.2) is 23.5 Å². The van der Waals surface area contributed by atoms with Crippen molar-refractivity contribution in [2.45, 2.75) is 26.3 Å². The van der Waals surface area contributed by atoms with Crippen molar-refractivity contribution in [3.05, 3.63) is 71.2 Å². The fourth-order valence-electron chi connectivity index (χ4n) is 2.96. The minimum absolute atomic E-state index is 0.110. The van der Waals surface area contributed by atoms with E-state index in [4.69, 9.17) is 4.74 Å². The van der Waals surface area contributed by atoms with Crippen LogP contribution in [0.2, 0.25) is 0 Å². The van der Waals surface area contributed by atoms with Gasteiger partial charge in [-0.05, 0) is 36.1 Å². The Labute approximate surface area is 174 Å². The summed E-state index contributed by atoms with van der Waals surface area (Å²) >= 11 is 1.49. The molecule has 6 heteroatoms. The molecule has 0 fully saturated rings. The van der Waals surface area contributed by atoms with Crippen LogP contribution < -0.4 is 5.32 Å². The molecule has 0 saturated carbocycles. The van der Waals surface area contributed by atoms with Crippen LogP contribution >= 0.6 is 11.3 Å². The van der Waals surface area contributed by atoms with Crippen molar-refractivity contribution in [3.63, 3.8) is 0 Å². The molecule has 3 aromatic rings. The minimum atomic E-state index is -0.570. The first-order valence-corrected chi connectivity index (χ1v) is 10.4. The molecule has 0 radical (unpaired) electrons. The number of ether oxygens (including phenoxy) is 1. The molecule has 2 aromatic carbocycles. The molecule has 0 unspecified atom stereocenters. The van der Waals surface area contributed by atoms with Crippen LogP contribution in [0.5, 0.6) is 0 Å². The van der Waals surface area contributed by atoms with Crippen molar-refractivity contribution in [2.24, 2.45) is 5.92 Å². The van der Waals surface area contributed by atoms with Crippen LogP contribution in [0.1, 0.15) is 36.9 Å². The molecule has 0 aliphatic carbocycles. The van der Waals surface area contributed by atoms with Gasteiger partial charge in [-0.1, -0.05) is 56.3 Å². The summed E-state index contributed by atoms with van der Waals surface area (Å²) in [6, 6.07) is 17.5. The fourth-order valence-corrected chi connectivity index (χ4v) is 3.83. The van der Waals surface area contributed by atoms with E-state index in [9.17, 15) is 9.59 Å². The summed E-state index contributed by atoms with van der Waals surface area (Å²) in [6.45, 7) is 3.90. The Hall–Kier alpha value is -2.99. The summed E-state index contributed by atoms with van der Waals surface area (Å²) < 4.78 is 6.13. The molecule has 3 rings (SSSR count). The van der Waals surface area contributed by atoms with E-state index in [0.717, 1.165) is 22.2 Å². The van der Waals surface area contributed by atoms with Crippen LogP contribution in [-0.2, 0) is 14.3 Å². The van der Waals surface area contributed by atoms with Gasteiger partial charge in [0, 0.05) is 6.08 Å². The third-order valence-corrected chi connectivity index (χ3v) is 5.26. The highest BCUT2D eigenvalue weighted by atomic mass is 32.1. The molecule has 0 spiro atoms. The molecule has 5 nitrogen and oxygen atoms in total. The molecule has 1 aromatic heterocycles. The SMILES string of the molecule is CC(C)C[C@@H](NC(=O)COC(=O)/C=C/c1nc2ccccc2s1)c1ccccc1. The summed E-state index contributed by atoms with van der Waals surface area (Å²) in [6.07, 6.45) is 3.71. The predicted octanol–water partition coefficient (Wildman–Crippen LogP) is 4.76. The van der Waals surface area contributed by atoms with E-state index >= 15 is 0 Å². The highest BCUT2D eigenvalue weighted by Gasteiger charge is 2.16. The van der Waals surface area contributed by atoms with E-state index in [1.165, 1.54) is 17.4 Å². The van der Waals surface area contributed by atoms with Crippen LogP contribution in [0.15, 0.2) is 60.7 Å². The lowest BCUT2D eigenvalue weighted by molar-refractivity contribution is -0.144. The average molecular weight is 409 g/mol. The Balaban J connectivity index is 1.52.